The molecule has 0 aliphatic carbocycles. The maximum absolute atomic E-state index is 12.8. The zero-order chi connectivity index (χ0) is 20.5. The molecular formula is C18H14Cl2N4O3S. The second-order valence-electron chi connectivity index (χ2n) is 5.83. The summed E-state index contributed by atoms with van der Waals surface area (Å²) in [6, 6.07) is 8.57. The van der Waals surface area contributed by atoms with Gasteiger partial charge in [-0.3, -0.25) is 9.52 Å². The number of hydrogen-bond acceptors (Lipinski definition) is 6. The number of carbonyl (C=O) groups excluding carboxylic acids is 1. The number of ketones is 1. The number of nitrogens with one attached hydrogen (secondary N) is 1. The van der Waals surface area contributed by atoms with Crippen molar-refractivity contribution in [2.45, 2.75) is 11.8 Å². The normalized spacial score (nSPS) is 11.2. The molecule has 0 saturated heterocycles. The molecule has 2 heterocycles. The van der Waals surface area contributed by atoms with Gasteiger partial charge in [0.05, 0.1) is 21.2 Å². The molecule has 1 aromatic carbocycles. The molecule has 0 radical (unpaired) electrons. The van der Waals surface area contributed by atoms with Gasteiger partial charge in [-0.1, -0.05) is 23.2 Å². The number of halogens is 2. The fraction of sp³-hybridized carbons (Fsp3) is 0.0556. The number of aryl methyl sites for hydroxylation is 1. The summed E-state index contributed by atoms with van der Waals surface area (Å²) in [5, 5.41) is 0.590. The average molecular weight is 437 g/mol. The number of hydrogen-bond donors (Lipinski definition) is 2. The van der Waals surface area contributed by atoms with Crippen LogP contribution in [0.5, 0.6) is 0 Å². The quantitative estimate of drug-likeness (QED) is 0.588. The number of anilines is 2. The number of aromatic nitrogens is 2. The van der Waals surface area contributed by atoms with E-state index in [0.29, 0.717) is 10.6 Å². The number of pyridine rings is 2. The van der Waals surface area contributed by atoms with Crippen molar-refractivity contribution in [1.82, 2.24) is 9.97 Å². The smallest absolute Gasteiger partial charge is 0.261 e. The van der Waals surface area contributed by atoms with Crippen LogP contribution < -0.4 is 10.5 Å². The zero-order valence-corrected chi connectivity index (χ0v) is 16.8. The van der Waals surface area contributed by atoms with Crippen LogP contribution in [0.3, 0.4) is 0 Å². The van der Waals surface area contributed by atoms with E-state index in [9.17, 15) is 13.2 Å². The van der Waals surface area contributed by atoms with Crippen molar-refractivity contribution in [3.05, 3.63) is 75.7 Å². The number of nitrogen functional groups attached to an aromatic ring is 1. The highest BCUT2D eigenvalue weighted by molar-refractivity contribution is 7.92. The van der Waals surface area contributed by atoms with E-state index in [4.69, 9.17) is 28.9 Å². The van der Waals surface area contributed by atoms with Gasteiger partial charge >= 0.3 is 0 Å². The minimum Gasteiger partial charge on any atom is -0.383 e. The third-order valence-electron chi connectivity index (χ3n) is 3.84. The molecule has 28 heavy (non-hydrogen) atoms. The molecule has 0 fully saturated rings. The summed E-state index contributed by atoms with van der Waals surface area (Å²) in [6.07, 6.45) is 2.68. The van der Waals surface area contributed by atoms with Crippen LogP contribution in [0.1, 0.15) is 21.6 Å². The van der Waals surface area contributed by atoms with Crippen molar-refractivity contribution >= 4 is 50.5 Å². The predicted octanol–water partition coefficient (Wildman–Crippen LogP) is 3.71. The molecule has 2 aromatic heterocycles. The van der Waals surface area contributed by atoms with Gasteiger partial charge in [0, 0.05) is 17.4 Å². The third-order valence-corrected chi connectivity index (χ3v) is 5.83. The fourth-order valence-corrected chi connectivity index (χ4v) is 3.84. The van der Waals surface area contributed by atoms with Crippen molar-refractivity contribution in [2.75, 3.05) is 10.5 Å². The molecule has 0 unspecified atom stereocenters. The molecule has 0 aliphatic rings. The Balaban J connectivity index is 2.05. The number of carbonyl (C=O) groups is 1. The summed E-state index contributed by atoms with van der Waals surface area (Å²) >= 11 is 11.9. The maximum Gasteiger partial charge on any atom is 0.261 e. The molecule has 0 spiro atoms. The Labute approximate surface area is 171 Å². The number of sulfonamides is 1. The van der Waals surface area contributed by atoms with Crippen LogP contribution in [0.4, 0.5) is 11.5 Å². The lowest BCUT2D eigenvalue weighted by molar-refractivity contribution is 0.103. The standard InChI is InChI=1S/C18H14Cl2N4O3S/c1-10-7-12(4-5-14(10)20)28(26,27)24-15-8-11(19)9-23-16(15)17(25)13-3-2-6-22-18(13)21/h2-9,24H,1H3,(H2,21,22). The highest BCUT2D eigenvalue weighted by Gasteiger charge is 2.23. The van der Waals surface area contributed by atoms with E-state index in [1.54, 1.807) is 13.0 Å². The highest BCUT2D eigenvalue weighted by Crippen LogP contribution is 2.26. The molecular weight excluding hydrogens is 423 g/mol. The van der Waals surface area contributed by atoms with Gasteiger partial charge in [0.2, 0.25) is 5.78 Å². The lowest BCUT2D eigenvalue weighted by Gasteiger charge is -2.13. The number of rotatable bonds is 5. The second-order valence-corrected chi connectivity index (χ2v) is 8.36. The second kappa shape index (κ2) is 7.75. The Morgan fingerprint density at radius 2 is 1.89 bits per heavy atom. The Kier molecular flexibility index (Phi) is 5.55. The fourth-order valence-electron chi connectivity index (χ4n) is 2.42. The first-order valence-electron chi connectivity index (χ1n) is 7.89. The van der Waals surface area contributed by atoms with Crippen LogP contribution in [-0.4, -0.2) is 24.2 Å². The van der Waals surface area contributed by atoms with Crippen LogP contribution in [0.15, 0.2) is 53.7 Å². The number of benzene rings is 1. The number of nitrogens with zero attached hydrogens (tertiary/aromatic N) is 2. The minimum atomic E-state index is -4.02. The molecule has 3 rings (SSSR count). The number of nitrogens with two attached hydrogens (primary N) is 1. The summed E-state index contributed by atoms with van der Waals surface area (Å²) in [6.45, 7) is 1.68. The minimum absolute atomic E-state index is 0.00591. The molecule has 10 heteroatoms. The summed E-state index contributed by atoms with van der Waals surface area (Å²) in [5.41, 5.74) is 6.21. The van der Waals surface area contributed by atoms with E-state index in [1.165, 1.54) is 42.7 Å². The van der Waals surface area contributed by atoms with Crippen LogP contribution in [0.2, 0.25) is 10.0 Å². The van der Waals surface area contributed by atoms with E-state index in [0.717, 1.165) is 0 Å². The molecule has 3 N–H and O–H groups in total. The lowest BCUT2D eigenvalue weighted by atomic mass is 10.1. The lowest BCUT2D eigenvalue weighted by Crippen LogP contribution is -2.17. The van der Waals surface area contributed by atoms with E-state index in [2.05, 4.69) is 14.7 Å². The van der Waals surface area contributed by atoms with Crippen molar-refractivity contribution in [3.8, 4) is 0 Å². The van der Waals surface area contributed by atoms with Crippen LogP contribution in [-0.2, 0) is 10.0 Å². The van der Waals surface area contributed by atoms with Crippen LogP contribution in [0.25, 0.3) is 0 Å². The molecule has 7 nitrogen and oxygen atoms in total. The van der Waals surface area contributed by atoms with Gasteiger partial charge in [0.1, 0.15) is 11.5 Å². The molecule has 3 aromatic rings. The van der Waals surface area contributed by atoms with Crippen molar-refractivity contribution in [2.24, 2.45) is 0 Å². The zero-order valence-electron chi connectivity index (χ0n) is 14.5. The molecule has 0 aliphatic heterocycles. The van der Waals surface area contributed by atoms with Crippen LogP contribution in [0, 0.1) is 6.92 Å². The van der Waals surface area contributed by atoms with Gasteiger partial charge in [-0.15, -0.1) is 0 Å². The first-order valence-corrected chi connectivity index (χ1v) is 10.1. The first-order chi connectivity index (χ1) is 13.2. The van der Waals surface area contributed by atoms with E-state index in [1.807, 2.05) is 0 Å². The van der Waals surface area contributed by atoms with Crippen molar-refractivity contribution in [1.29, 1.82) is 0 Å². The summed E-state index contributed by atoms with van der Waals surface area (Å²) in [4.78, 5) is 20.7. The van der Waals surface area contributed by atoms with E-state index >= 15 is 0 Å². The van der Waals surface area contributed by atoms with Gasteiger partial charge in [0.15, 0.2) is 0 Å². The maximum atomic E-state index is 12.8. The van der Waals surface area contributed by atoms with Crippen molar-refractivity contribution < 1.29 is 13.2 Å². The molecule has 0 atom stereocenters. The van der Waals surface area contributed by atoms with Crippen molar-refractivity contribution in [3.63, 3.8) is 0 Å². The largest absolute Gasteiger partial charge is 0.383 e. The average Bonchev–Trinajstić information content (AvgIpc) is 2.63. The summed E-state index contributed by atoms with van der Waals surface area (Å²) in [7, 11) is -4.02. The first kappa shape index (κ1) is 20.1. The van der Waals surface area contributed by atoms with Gasteiger partial charge in [0.25, 0.3) is 10.0 Å². The van der Waals surface area contributed by atoms with Gasteiger partial charge in [-0.05, 0) is 48.9 Å². The Morgan fingerprint density at radius 1 is 1.14 bits per heavy atom. The Bertz CT molecular complexity index is 1180. The molecule has 0 amide bonds. The predicted molar refractivity (Wildman–Crippen MR) is 108 cm³/mol. The van der Waals surface area contributed by atoms with E-state index in [-0.39, 0.29) is 32.7 Å². The molecule has 0 saturated carbocycles. The SMILES string of the molecule is Cc1cc(S(=O)(=O)Nc2cc(Cl)cnc2C(=O)c2cccnc2N)ccc1Cl. The highest BCUT2D eigenvalue weighted by atomic mass is 35.5. The Morgan fingerprint density at radius 3 is 2.57 bits per heavy atom. The molecule has 0 bridgehead atoms. The van der Waals surface area contributed by atoms with E-state index < -0.39 is 15.8 Å². The summed E-state index contributed by atoms with van der Waals surface area (Å²) < 4.78 is 27.9. The van der Waals surface area contributed by atoms with Gasteiger partial charge < -0.3 is 5.73 Å². The third kappa shape index (κ3) is 4.09. The monoisotopic (exact) mass is 436 g/mol. The van der Waals surface area contributed by atoms with Gasteiger partial charge in [-0.2, -0.15) is 0 Å². The van der Waals surface area contributed by atoms with Crippen LogP contribution >= 0.6 is 23.2 Å². The van der Waals surface area contributed by atoms with Gasteiger partial charge in [-0.25, -0.2) is 18.4 Å². The topological polar surface area (TPSA) is 115 Å². The molecule has 144 valence electrons. The summed E-state index contributed by atoms with van der Waals surface area (Å²) in [5.74, 6) is -0.585. The Hall–Kier alpha value is -2.68.